The highest BCUT2D eigenvalue weighted by atomic mass is 35.5. The van der Waals surface area contributed by atoms with Crippen LogP contribution >= 0.6 is 11.6 Å². The largest absolute Gasteiger partial charge is 0.488 e. The van der Waals surface area contributed by atoms with Gasteiger partial charge in [-0.15, -0.1) is 0 Å². The summed E-state index contributed by atoms with van der Waals surface area (Å²) in [6.45, 7) is 0.604. The second-order valence-electron chi connectivity index (χ2n) is 4.73. The molecule has 21 heavy (non-hydrogen) atoms. The molecular weight excluding hydrogens is 292 g/mol. The minimum absolute atomic E-state index is 0.114. The number of hydrogen-bond acceptors (Lipinski definition) is 4. The summed E-state index contributed by atoms with van der Waals surface area (Å²) in [4.78, 5) is 18.0. The van der Waals surface area contributed by atoms with E-state index in [1.807, 2.05) is 6.08 Å². The first kappa shape index (κ1) is 13.6. The van der Waals surface area contributed by atoms with Crippen LogP contribution in [0.2, 0.25) is 5.02 Å². The van der Waals surface area contributed by atoms with Crippen molar-refractivity contribution in [3.05, 3.63) is 46.5 Å². The zero-order chi connectivity index (χ0) is 14.8. The van der Waals surface area contributed by atoms with Crippen LogP contribution < -0.4 is 4.74 Å². The number of aromatic amines is 1. The standard InChI is InChI=1S/C14H13ClN4O2/c1-19(6-13-16-8-17-18-13)14(20)10-4-9-5-11(15)2-3-12(9)21-7-10/h2-5,8H,6-7H2,1H3,(H,16,17,18). The van der Waals surface area contributed by atoms with E-state index in [1.165, 1.54) is 6.33 Å². The SMILES string of the molecule is CN(Cc1ncn[nH]1)C(=O)C1=Cc2cc(Cl)ccc2OC1. The lowest BCUT2D eigenvalue weighted by Crippen LogP contribution is -2.31. The number of rotatable bonds is 3. The monoisotopic (exact) mass is 304 g/mol. The van der Waals surface area contributed by atoms with Crippen LogP contribution in [-0.4, -0.2) is 39.6 Å². The Morgan fingerprint density at radius 3 is 3.14 bits per heavy atom. The Morgan fingerprint density at radius 2 is 2.38 bits per heavy atom. The van der Waals surface area contributed by atoms with Gasteiger partial charge in [0.15, 0.2) is 0 Å². The minimum Gasteiger partial charge on any atom is -0.488 e. The van der Waals surface area contributed by atoms with Crippen molar-refractivity contribution in [1.29, 1.82) is 0 Å². The van der Waals surface area contributed by atoms with Crippen LogP contribution in [0.3, 0.4) is 0 Å². The molecule has 0 saturated carbocycles. The zero-order valence-electron chi connectivity index (χ0n) is 11.3. The van der Waals surface area contributed by atoms with Crippen molar-refractivity contribution in [3.63, 3.8) is 0 Å². The Balaban J connectivity index is 1.79. The molecular formula is C14H13ClN4O2. The molecule has 1 aliphatic rings. The fraction of sp³-hybridized carbons (Fsp3) is 0.214. The van der Waals surface area contributed by atoms with Gasteiger partial charge < -0.3 is 9.64 Å². The van der Waals surface area contributed by atoms with Crippen LogP contribution in [0.25, 0.3) is 6.08 Å². The number of H-pyrrole nitrogens is 1. The predicted octanol–water partition coefficient (Wildman–Crippen LogP) is 1.89. The number of likely N-dealkylation sites (N-methyl/N-ethyl adjacent to an activating group) is 1. The second kappa shape index (κ2) is 5.57. The van der Waals surface area contributed by atoms with Crippen molar-refractivity contribution in [1.82, 2.24) is 20.1 Å². The molecule has 0 saturated heterocycles. The number of benzene rings is 1. The van der Waals surface area contributed by atoms with Crippen LogP contribution in [-0.2, 0) is 11.3 Å². The highest BCUT2D eigenvalue weighted by molar-refractivity contribution is 6.30. The van der Waals surface area contributed by atoms with Gasteiger partial charge in [-0.1, -0.05) is 11.6 Å². The molecule has 0 unspecified atom stereocenters. The van der Waals surface area contributed by atoms with E-state index >= 15 is 0 Å². The fourth-order valence-electron chi connectivity index (χ4n) is 2.12. The smallest absolute Gasteiger partial charge is 0.253 e. The van der Waals surface area contributed by atoms with Crippen molar-refractivity contribution in [3.8, 4) is 5.75 Å². The number of aromatic nitrogens is 3. The quantitative estimate of drug-likeness (QED) is 0.940. The van der Waals surface area contributed by atoms with Gasteiger partial charge in [-0.2, -0.15) is 5.10 Å². The Bertz CT molecular complexity index is 697. The van der Waals surface area contributed by atoms with Gasteiger partial charge in [0.25, 0.3) is 5.91 Å². The van der Waals surface area contributed by atoms with E-state index < -0.39 is 0 Å². The summed E-state index contributed by atoms with van der Waals surface area (Å²) >= 11 is 5.96. The molecule has 0 radical (unpaired) electrons. The lowest BCUT2D eigenvalue weighted by atomic mass is 10.1. The van der Waals surface area contributed by atoms with Gasteiger partial charge >= 0.3 is 0 Å². The highest BCUT2D eigenvalue weighted by Gasteiger charge is 2.21. The third kappa shape index (κ3) is 2.90. The lowest BCUT2D eigenvalue weighted by Gasteiger charge is -2.21. The first-order valence-corrected chi connectivity index (χ1v) is 6.74. The third-order valence-electron chi connectivity index (χ3n) is 3.16. The van der Waals surface area contributed by atoms with Gasteiger partial charge in [0, 0.05) is 17.6 Å². The number of nitrogens with one attached hydrogen (secondary N) is 1. The van der Waals surface area contributed by atoms with E-state index in [0.717, 1.165) is 11.3 Å². The van der Waals surface area contributed by atoms with E-state index in [-0.39, 0.29) is 12.5 Å². The minimum atomic E-state index is -0.114. The molecule has 0 bridgehead atoms. The summed E-state index contributed by atoms with van der Waals surface area (Å²) in [6.07, 6.45) is 3.22. The van der Waals surface area contributed by atoms with Crippen molar-refractivity contribution >= 4 is 23.6 Å². The first-order chi connectivity index (χ1) is 10.1. The number of halogens is 1. The Hall–Kier alpha value is -2.34. The number of hydrogen-bond donors (Lipinski definition) is 1. The normalized spacial score (nSPS) is 13.1. The molecule has 0 aliphatic carbocycles. The molecule has 1 aliphatic heterocycles. The van der Waals surface area contributed by atoms with Gasteiger partial charge in [0.2, 0.25) is 0 Å². The molecule has 0 spiro atoms. The van der Waals surface area contributed by atoms with Crippen LogP contribution in [0.1, 0.15) is 11.4 Å². The Morgan fingerprint density at radius 1 is 1.52 bits per heavy atom. The summed E-state index contributed by atoms with van der Waals surface area (Å²) in [5.74, 6) is 1.25. The van der Waals surface area contributed by atoms with Gasteiger partial charge in [0.1, 0.15) is 24.5 Å². The molecule has 2 heterocycles. The number of amides is 1. The van der Waals surface area contributed by atoms with E-state index in [2.05, 4.69) is 15.2 Å². The maximum absolute atomic E-state index is 12.4. The number of carbonyl (C=O) groups is 1. The summed E-state index contributed by atoms with van der Waals surface area (Å²) < 4.78 is 5.59. The van der Waals surface area contributed by atoms with Crippen LogP contribution in [0.5, 0.6) is 5.75 Å². The molecule has 2 aromatic rings. The van der Waals surface area contributed by atoms with E-state index in [0.29, 0.717) is 23.0 Å². The number of nitrogens with zero attached hydrogens (tertiary/aromatic N) is 3. The highest BCUT2D eigenvalue weighted by Crippen LogP contribution is 2.29. The van der Waals surface area contributed by atoms with E-state index in [1.54, 1.807) is 30.1 Å². The number of fused-ring (bicyclic) bond motifs is 1. The maximum atomic E-state index is 12.4. The van der Waals surface area contributed by atoms with Gasteiger partial charge in [0.05, 0.1) is 12.1 Å². The predicted molar refractivity (Wildman–Crippen MR) is 77.8 cm³/mol. The molecule has 7 heteroatoms. The molecule has 1 aromatic carbocycles. The molecule has 0 atom stereocenters. The molecule has 6 nitrogen and oxygen atoms in total. The van der Waals surface area contributed by atoms with E-state index in [9.17, 15) is 4.79 Å². The van der Waals surface area contributed by atoms with E-state index in [4.69, 9.17) is 16.3 Å². The third-order valence-corrected chi connectivity index (χ3v) is 3.39. The molecule has 1 amide bonds. The summed E-state index contributed by atoms with van der Waals surface area (Å²) in [5, 5.41) is 7.09. The van der Waals surface area contributed by atoms with Crippen molar-refractivity contribution in [2.45, 2.75) is 6.54 Å². The van der Waals surface area contributed by atoms with Gasteiger partial charge in [-0.25, -0.2) is 4.98 Å². The number of ether oxygens (including phenoxy) is 1. The summed E-state index contributed by atoms with van der Waals surface area (Å²) in [7, 11) is 1.71. The molecule has 1 aromatic heterocycles. The summed E-state index contributed by atoms with van der Waals surface area (Å²) in [5.41, 5.74) is 1.39. The molecule has 0 fully saturated rings. The summed E-state index contributed by atoms with van der Waals surface area (Å²) in [6, 6.07) is 5.34. The molecule has 1 N–H and O–H groups in total. The zero-order valence-corrected chi connectivity index (χ0v) is 12.1. The van der Waals surface area contributed by atoms with Crippen molar-refractivity contribution in [2.24, 2.45) is 0 Å². The Labute approximate surface area is 126 Å². The molecule has 3 rings (SSSR count). The average Bonchev–Trinajstić information content (AvgIpc) is 2.98. The van der Waals surface area contributed by atoms with Crippen molar-refractivity contribution in [2.75, 3.05) is 13.7 Å². The van der Waals surface area contributed by atoms with Gasteiger partial charge in [-0.3, -0.25) is 9.89 Å². The lowest BCUT2D eigenvalue weighted by molar-refractivity contribution is -0.126. The number of carbonyl (C=O) groups excluding carboxylic acids is 1. The second-order valence-corrected chi connectivity index (χ2v) is 5.17. The van der Waals surface area contributed by atoms with Crippen molar-refractivity contribution < 1.29 is 9.53 Å². The average molecular weight is 305 g/mol. The maximum Gasteiger partial charge on any atom is 0.253 e. The fourth-order valence-corrected chi connectivity index (χ4v) is 2.30. The molecule has 108 valence electrons. The van der Waals surface area contributed by atoms with Crippen LogP contribution in [0.15, 0.2) is 30.1 Å². The van der Waals surface area contributed by atoms with Gasteiger partial charge in [-0.05, 0) is 24.3 Å². The Kier molecular flexibility index (Phi) is 3.62. The topological polar surface area (TPSA) is 71.1 Å². The van der Waals surface area contributed by atoms with Crippen LogP contribution in [0.4, 0.5) is 0 Å². The first-order valence-electron chi connectivity index (χ1n) is 6.36. The van der Waals surface area contributed by atoms with Crippen LogP contribution in [0, 0.1) is 0 Å².